The minimum atomic E-state index is -0.399. The number of esters is 3. The molecular weight excluding hydrogens is 412 g/mol. The number of carbonyl (C=O) groups excluding carboxylic acids is 3. The molecule has 0 radical (unpaired) electrons. The van der Waals surface area contributed by atoms with Crippen molar-refractivity contribution >= 4 is 17.9 Å². The summed E-state index contributed by atoms with van der Waals surface area (Å²) in [7, 11) is 1.45. The molecular formula is C25H36O7. The zero-order valence-electron chi connectivity index (χ0n) is 19.8. The fourth-order valence-electron chi connectivity index (χ4n) is 8.89. The van der Waals surface area contributed by atoms with Gasteiger partial charge in [0.05, 0.1) is 19.1 Å². The quantitative estimate of drug-likeness (QED) is 0.371. The Bertz CT molecular complexity index is 840. The Morgan fingerprint density at radius 2 is 1.69 bits per heavy atom. The molecule has 178 valence electrons. The van der Waals surface area contributed by atoms with Crippen molar-refractivity contribution in [3.05, 3.63) is 0 Å². The molecule has 0 aromatic rings. The minimum absolute atomic E-state index is 0.0182. The molecule has 32 heavy (non-hydrogen) atoms. The first kappa shape index (κ1) is 22.2. The van der Waals surface area contributed by atoms with E-state index in [9.17, 15) is 14.4 Å². The molecule has 1 spiro atoms. The van der Waals surface area contributed by atoms with Crippen molar-refractivity contribution in [2.45, 2.75) is 96.6 Å². The molecule has 0 unspecified atom stereocenters. The third kappa shape index (κ3) is 2.85. The second-order valence-corrected chi connectivity index (χ2v) is 11.4. The van der Waals surface area contributed by atoms with Gasteiger partial charge in [-0.1, -0.05) is 13.8 Å². The first-order valence-electron chi connectivity index (χ1n) is 12.2. The molecule has 0 N–H and O–H groups in total. The number of hydrogen-bond donors (Lipinski definition) is 0. The maximum absolute atomic E-state index is 12.7. The van der Waals surface area contributed by atoms with Crippen molar-refractivity contribution in [3.8, 4) is 0 Å². The Labute approximate surface area is 189 Å². The minimum Gasteiger partial charge on any atom is -0.469 e. The molecule has 5 rings (SSSR count). The normalized spacial score (nSPS) is 50.7. The summed E-state index contributed by atoms with van der Waals surface area (Å²) in [6.45, 7) is 7.45. The maximum atomic E-state index is 12.7. The first-order chi connectivity index (χ1) is 15.1. The van der Waals surface area contributed by atoms with E-state index >= 15 is 0 Å². The van der Waals surface area contributed by atoms with Crippen LogP contribution < -0.4 is 0 Å². The van der Waals surface area contributed by atoms with E-state index in [-0.39, 0.29) is 65.0 Å². The van der Waals surface area contributed by atoms with Gasteiger partial charge in [0.1, 0.15) is 17.8 Å². The zero-order valence-corrected chi connectivity index (χ0v) is 19.8. The van der Waals surface area contributed by atoms with Crippen LogP contribution in [-0.4, -0.2) is 48.9 Å². The Kier molecular flexibility index (Phi) is 4.98. The van der Waals surface area contributed by atoms with Crippen molar-refractivity contribution in [1.82, 2.24) is 0 Å². The topological polar surface area (TPSA) is 91.4 Å². The lowest BCUT2D eigenvalue weighted by Gasteiger charge is -2.62. The van der Waals surface area contributed by atoms with Crippen molar-refractivity contribution in [1.29, 1.82) is 0 Å². The molecule has 0 bridgehead atoms. The highest BCUT2D eigenvalue weighted by atomic mass is 16.6. The number of methoxy groups -OCH3 is 1. The third-order valence-electron chi connectivity index (χ3n) is 10.1. The van der Waals surface area contributed by atoms with Crippen LogP contribution in [-0.2, 0) is 33.3 Å². The van der Waals surface area contributed by atoms with Gasteiger partial charge in [0.25, 0.3) is 0 Å². The van der Waals surface area contributed by atoms with E-state index < -0.39 is 5.41 Å². The number of epoxide rings is 1. The number of fused-ring (bicyclic) bond motifs is 3. The van der Waals surface area contributed by atoms with Gasteiger partial charge in [0, 0.05) is 25.2 Å². The van der Waals surface area contributed by atoms with Gasteiger partial charge in [-0.25, -0.2) is 0 Å². The van der Waals surface area contributed by atoms with Gasteiger partial charge in [-0.05, 0) is 62.2 Å². The van der Waals surface area contributed by atoms with Gasteiger partial charge in [0.2, 0.25) is 0 Å². The van der Waals surface area contributed by atoms with E-state index in [1.807, 2.05) is 0 Å². The lowest BCUT2D eigenvalue weighted by atomic mass is 9.43. The SMILES string of the molecule is COC(=O)[C@H]1C[C@@H]2O[C@@]23[C@@H]2CC[C@H]4C[C@@H](OC(C)=O)CC[C@]4(C)[C@H]2[C@H](OC(C)=O)C[C@]13C. The van der Waals surface area contributed by atoms with Crippen LogP contribution in [0.15, 0.2) is 0 Å². The second-order valence-electron chi connectivity index (χ2n) is 11.4. The van der Waals surface area contributed by atoms with Crippen molar-refractivity contribution in [2.24, 2.45) is 34.5 Å². The van der Waals surface area contributed by atoms with Crippen LogP contribution >= 0.6 is 0 Å². The van der Waals surface area contributed by atoms with Crippen LogP contribution in [0.2, 0.25) is 0 Å². The molecule has 1 heterocycles. The van der Waals surface area contributed by atoms with Crippen LogP contribution in [0.25, 0.3) is 0 Å². The van der Waals surface area contributed by atoms with Crippen LogP contribution in [0.5, 0.6) is 0 Å². The van der Waals surface area contributed by atoms with E-state index in [0.717, 1.165) is 32.1 Å². The highest BCUT2D eigenvalue weighted by molar-refractivity contribution is 5.75. The average Bonchev–Trinajstić information content (AvgIpc) is 3.38. The summed E-state index contributed by atoms with van der Waals surface area (Å²) in [5.41, 5.74) is -0.742. The van der Waals surface area contributed by atoms with E-state index in [1.54, 1.807) is 0 Å². The number of ether oxygens (including phenoxy) is 4. The van der Waals surface area contributed by atoms with E-state index in [0.29, 0.717) is 18.8 Å². The van der Waals surface area contributed by atoms with Crippen LogP contribution in [0, 0.1) is 34.5 Å². The second kappa shape index (κ2) is 7.18. The van der Waals surface area contributed by atoms with Gasteiger partial charge < -0.3 is 18.9 Å². The summed E-state index contributed by atoms with van der Waals surface area (Å²) in [6, 6.07) is 0. The Balaban J connectivity index is 1.50. The fraction of sp³-hybridized carbons (Fsp3) is 0.880. The van der Waals surface area contributed by atoms with Gasteiger partial charge in [-0.2, -0.15) is 0 Å². The third-order valence-corrected chi connectivity index (χ3v) is 10.1. The average molecular weight is 449 g/mol. The Morgan fingerprint density at radius 3 is 2.34 bits per heavy atom. The molecule has 7 heteroatoms. The number of carbonyl (C=O) groups is 3. The van der Waals surface area contributed by atoms with Gasteiger partial charge >= 0.3 is 17.9 Å². The molecule has 7 nitrogen and oxygen atoms in total. The summed E-state index contributed by atoms with van der Waals surface area (Å²) in [5, 5.41) is 0. The molecule has 5 aliphatic rings. The summed E-state index contributed by atoms with van der Waals surface area (Å²) >= 11 is 0. The predicted octanol–water partition coefficient (Wildman–Crippen LogP) is 3.42. The lowest BCUT2D eigenvalue weighted by molar-refractivity contribution is -0.211. The van der Waals surface area contributed by atoms with Crippen LogP contribution in [0.1, 0.15) is 72.6 Å². The predicted molar refractivity (Wildman–Crippen MR) is 113 cm³/mol. The summed E-state index contributed by atoms with van der Waals surface area (Å²) in [5.74, 6) is -0.0507. The van der Waals surface area contributed by atoms with E-state index in [2.05, 4.69) is 13.8 Å². The summed E-state index contributed by atoms with van der Waals surface area (Å²) in [4.78, 5) is 36.4. The Morgan fingerprint density at radius 1 is 0.969 bits per heavy atom. The molecule has 0 aromatic heterocycles. The molecule has 4 saturated carbocycles. The zero-order chi connectivity index (χ0) is 23.1. The molecule has 1 saturated heterocycles. The van der Waals surface area contributed by atoms with E-state index in [4.69, 9.17) is 18.9 Å². The molecule has 5 fully saturated rings. The largest absolute Gasteiger partial charge is 0.469 e. The molecule has 4 aliphatic carbocycles. The standard InChI is InChI=1S/C25H36O7/c1-13(26)30-16-8-9-23(3)15(10-16)6-7-17-21(23)19(31-14(2)27)12-24(4)18(22(28)29-5)11-20-25(17,24)32-20/h15-21H,6-12H2,1-5H3/t15-,16-,17+,18+,19+,20-,21+,23-,24+,25-/m0/s1. The molecule has 0 aromatic carbocycles. The van der Waals surface area contributed by atoms with Crippen molar-refractivity contribution < 1.29 is 33.3 Å². The fourth-order valence-corrected chi connectivity index (χ4v) is 8.89. The van der Waals surface area contributed by atoms with Gasteiger partial charge in [-0.3, -0.25) is 14.4 Å². The highest BCUT2D eigenvalue weighted by Gasteiger charge is 2.83. The van der Waals surface area contributed by atoms with Crippen LogP contribution in [0.3, 0.4) is 0 Å². The number of hydrogen-bond acceptors (Lipinski definition) is 7. The first-order valence-corrected chi connectivity index (χ1v) is 12.2. The summed E-state index contributed by atoms with van der Waals surface area (Å²) < 4.78 is 23.3. The van der Waals surface area contributed by atoms with Gasteiger partial charge in [-0.15, -0.1) is 0 Å². The molecule has 0 amide bonds. The van der Waals surface area contributed by atoms with Crippen molar-refractivity contribution in [2.75, 3.05) is 7.11 Å². The smallest absolute Gasteiger partial charge is 0.309 e. The van der Waals surface area contributed by atoms with Crippen molar-refractivity contribution in [3.63, 3.8) is 0 Å². The molecule has 10 atom stereocenters. The van der Waals surface area contributed by atoms with Gasteiger partial charge in [0.15, 0.2) is 0 Å². The number of rotatable bonds is 3. The molecule has 1 aliphatic heterocycles. The maximum Gasteiger partial charge on any atom is 0.309 e. The summed E-state index contributed by atoms with van der Waals surface area (Å²) in [6.07, 6.45) is 5.78. The van der Waals surface area contributed by atoms with Crippen LogP contribution in [0.4, 0.5) is 0 Å². The monoisotopic (exact) mass is 448 g/mol. The lowest BCUT2D eigenvalue weighted by Crippen LogP contribution is -2.64. The Hall–Kier alpha value is -1.63. The highest BCUT2D eigenvalue weighted by Crippen LogP contribution is 2.76. The van der Waals surface area contributed by atoms with E-state index in [1.165, 1.54) is 21.0 Å².